The molecule has 3 unspecified atom stereocenters. The standard InChI is InChI=1S/C13H29N3O3/c1-10(8-13(3,15)12(14)17)16(6-7-18-4)11(2)9-19-5/h10-11H,6-9,15H2,1-5H3,(H2,14,17). The molecule has 19 heavy (non-hydrogen) atoms. The van der Waals surface area contributed by atoms with E-state index in [1.54, 1.807) is 21.1 Å². The van der Waals surface area contributed by atoms with Crippen LogP contribution in [0.5, 0.6) is 0 Å². The lowest BCUT2D eigenvalue weighted by molar-refractivity contribution is -0.123. The Hall–Kier alpha value is -0.690. The van der Waals surface area contributed by atoms with Gasteiger partial charge in [0, 0.05) is 32.8 Å². The third-order valence-corrected chi connectivity index (χ3v) is 3.38. The zero-order valence-corrected chi connectivity index (χ0v) is 12.8. The Morgan fingerprint density at radius 1 is 1.26 bits per heavy atom. The Bertz CT molecular complexity index is 272. The summed E-state index contributed by atoms with van der Waals surface area (Å²) in [5.74, 6) is -0.481. The Kier molecular flexibility index (Phi) is 8.17. The molecule has 0 aromatic rings. The zero-order valence-electron chi connectivity index (χ0n) is 12.8. The van der Waals surface area contributed by atoms with Crippen molar-refractivity contribution in [3.05, 3.63) is 0 Å². The van der Waals surface area contributed by atoms with Gasteiger partial charge in [-0.1, -0.05) is 0 Å². The minimum Gasteiger partial charge on any atom is -0.383 e. The SMILES string of the molecule is COCCN(C(C)COC)C(C)CC(C)(N)C(N)=O. The highest BCUT2D eigenvalue weighted by atomic mass is 16.5. The van der Waals surface area contributed by atoms with Crippen molar-refractivity contribution in [2.75, 3.05) is 34.0 Å². The van der Waals surface area contributed by atoms with E-state index in [1.807, 2.05) is 6.92 Å². The monoisotopic (exact) mass is 275 g/mol. The maximum atomic E-state index is 11.3. The molecule has 0 aliphatic rings. The third kappa shape index (κ3) is 6.33. The number of carbonyl (C=O) groups is 1. The van der Waals surface area contributed by atoms with Crippen LogP contribution in [0.1, 0.15) is 27.2 Å². The average molecular weight is 275 g/mol. The topological polar surface area (TPSA) is 90.8 Å². The van der Waals surface area contributed by atoms with Gasteiger partial charge in [0.25, 0.3) is 0 Å². The quantitative estimate of drug-likeness (QED) is 0.583. The van der Waals surface area contributed by atoms with Crippen molar-refractivity contribution in [3.63, 3.8) is 0 Å². The van der Waals surface area contributed by atoms with E-state index in [0.717, 1.165) is 6.54 Å². The lowest BCUT2D eigenvalue weighted by Crippen LogP contribution is -2.55. The number of carbonyl (C=O) groups excluding carboxylic acids is 1. The molecular formula is C13H29N3O3. The number of nitrogens with zero attached hydrogens (tertiary/aromatic N) is 1. The van der Waals surface area contributed by atoms with Crippen LogP contribution in [0.25, 0.3) is 0 Å². The van der Waals surface area contributed by atoms with Crippen LogP contribution in [0.2, 0.25) is 0 Å². The van der Waals surface area contributed by atoms with Crippen LogP contribution < -0.4 is 11.5 Å². The molecule has 0 radical (unpaired) electrons. The fourth-order valence-electron chi connectivity index (χ4n) is 2.24. The first-order valence-corrected chi connectivity index (χ1v) is 6.58. The molecule has 0 spiro atoms. The molecule has 6 nitrogen and oxygen atoms in total. The normalized spacial score (nSPS) is 18.1. The molecule has 6 heteroatoms. The van der Waals surface area contributed by atoms with Crippen molar-refractivity contribution in [1.29, 1.82) is 0 Å². The van der Waals surface area contributed by atoms with Crippen LogP contribution in [0.4, 0.5) is 0 Å². The van der Waals surface area contributed by atoms with Gasteiger partial charge >= 0.3 is 0 Å². The van der Waals surface area contributed by atoms with Crippen LogP contribution in [-0.4, -0.2) is 62.4 Å². The molecule has 0 aliphatic carbocycles. The van der Waals surface area contributed by atoms with Gasteiger partial charge in [0.1, 0.15) is 0 Å². The number of amides is 1. The summed E-state index contributed by atoms with van der Waals surface area (Å²) < 4.78 is 10.3. The molecule has 1 amide bonds. The first-order valence-electron chi connectivity index (χ1n) is 6.58. The minimum atomic E-state index is -1.00. The van der Waals surface area contributed by atoms with Gasteiger partial charge in [-0.15, -0.1) is 0 Å². The summed E-state index contributed by atoms with van der Waals surface area (Å²) in [7, 11) is 3.34. The number of nitrogens with two attached hydrogens (primary N) is 2. The number of rotatable bonds is 10. The zero-order chi connectivity index (χ0) is 15.1. The fourth-order valence-corrected chi connectivity index (χ4v) is 2.24. The highest BCUT2D eigenvalue weighted by Gasteiger charge is 2.31. The number of primary amides is 1. The molecule has 0 saturated carbocycles. The highest BCUT2D eigenvalue weighted by molar-refractivity contribution is 5.83. The Labute approximate surface area is 116 Å². The number of methoxy groups -OCH3 is 2. The number of hydrogen-bond donors (Lipinski definition) is 2. The molecule has 3 atom stereocenters. The van der Waals surface area contributed by atoms with Crippen LogP contribution >= 0.6 is 0 Å². The van der Waals surface area contributed by atoms with Gasteiger partial charge in [-0.25, -0.2) is 0 Å². The van der Waals surface area contributed by atoms with Crippen molar-refractivity contribution >= 4 is 5.91 Å². The van der Waals surface area contributed by atoms with E-state index in [1.165, 1.54) is 0 Å². The van der Waals surface area contributed by atoms with Crippen molar-refractivity contribution < 1.29 is 14.3 Å². The van der Waals surface area contributed by atoms with Crippen molar-refractivity contribution in [2.45, 2.75) is 44.8 Å². The third-order valence-electron chi connectivity index (χ3n) is 3.38. The molecule has 0 rings (SSSR count). The second-order valence-electron chi connectivity index (χ2n) is 5.37. The van der Waals surface area contributed by atoms with Gasteiger partial charge in [0.15, 0.2) is 0 Å². The molecule has 0 saturated heterocycles. The molecule has 0 bridgehead atoms. The second kappa shape index (κ2) is 8.47. The van der Waals surface area contributed by atoms with E-state index in [0.29, 0.717) is 19.6 Å². The molecule has 0 aromatic heterocycles. The molecule has 0 aromatic carbocycles. The summed E-state index contributed by atoms with van der Waals surface area (Å²) in [6.07, 6.45) is 0.500. The van der Waals surface area contributed by atoms with Crippen LogP contribution in [-0.2, 0) is 14.3 Å². The van der Waals surface area contributed by atoms with Crippen LogP contribution in [0.15, 0.2) is 0 Å². The molecule has 0 heterocycles. The Morgan fingerprint density at radius 3 is 2.26 bits per heavy atom. The second-order valence-corrected chi connectivity index (χ2v) is 5.37. The molecule has 4 N–H and O–H groups in total. The number of hydrogen-bond acceptors (Lipinski definition) is 5. The first-order chi connectivity index (χ1) is 8.76. The predicted molar refractivity (Wildman–Crippen MR) is 75.8 cm³/mol. The molecule has 114 valence electrons. The predicted octanol–water partition coefficient (Wildman–Crippen LogP) is -0.0490. The fraction of sp³-hybridized carbons (Fsp3) is 0.923. The van der Waals surface area contributed by atoms with E-state index >= 15 is 0 Å². The van der Waals surface area contributed by atoms with E-state index in [4.69, 9.17) is 20.9 Å². The first kappa shape index (κ1) is 18.3. The molecule has 0 fully saturated rings. The smallest absolute Gasteiger partial charge is 0.237 e. The largest absolute Gasteiger partial charge is 0.383 e. The average Bonchev–Trinajstić information content (AvgIpc) is 2.28. The summed E-state index contributed by atoms with van der Waals surface area (Å²) in [4.78, 5) is 13.5. The summed E-state index contributed by atoms with van der Waals surface area (Å²) in [5.41, 5.74) is 10.3. The van der Waals surface area contributed by atoms with Gasteiger partial charge < -0.3 is 20.9 Å². The van der Waals surface area contributed by atoms with E-state index < -0.39 is 11.4 Å². The summed E-state index contributed by atoms with van der Waals surface area (Å²) >= 11 is 0. The van der Waals surface area contributed by atoms with Crippen molar-refractivity contribution in [2.24, 2.45) is 11.5 Å². The number of ether oxygens (including phenoxy) is 2. The molecule has 0 aliphatic heterocycles. The highest BCUT2D eigenvalue weighted by Crippen LogP contribution is 2.16. The lowest BCUT2D eigenvalue weighted by Gasteiger charge is -2.37. The van der Waals surface area contributed by atoms with Gasteiger partial charge in [-0.2, -0.15) is 0 Å². The summed E-state index contributed by atoms with van der Waals surface area (Å²) in [6, 6.07) is 0.335. The van der Waals surface area contributed by atoms with Gasteiger partial charge in [-0.3, -0.25) is 9.69 Å². The van der Waals surface area contributed by atoms with Crippen molar-refractivity contribution in [3.8, 4) is 0 Å². The summed E-state index contributed by atoms with van der Waals surface area (Å²) in [5, 5.41) is 0. The van der Waals surface area contributed by atoms with E-state index in [9.17, 15) is 4.79 Å². The van der Waals surface area contributed by atoms with Gasteiger partial charge in [0.05, 0.1) is 18.8 Å². The lowest BCUT2D eigenvalue weighted by atomic mass is 9.93. The van der Waals surface area contributed by atoms with Crippen molar-refractivity contribution in [1.82, 2.24) is 4.90 Å². The Balaban J connectivity index is 4.69. The Morgan fingerprint density at radius 2 is 1.84 bits per heavy atom. The van der Waals surface area contributed by atoms with Crippen LogP contribution in [0.3, 0.4) is 0 Å². The van der Waals surface area contributed by atoms with E-state index in [-0.39, 0.29) is 12.1 Å². The molecular weight excluding hydrogens is 246 g/mol. The van der Waals surface area contributed by atoms with Gasteiger partial charge in [0.2, 0.25) is 5.91 Å². The van der Waals surface area contributed by atoms with Gasteiger partial charge in [-0.05, 0) is 27.2 Å². The van der Waals surface area contributed by atoms with Crippen LogP contribution in [0, 0.1) is 0 Å². The maximum Gasteiger partial charge on any atom is 0.237 e. The minimum absolute atomic E-state index is 0.114. The summed E-state index contributed by atoms with van der Waals surface area (Å²) in [6.45, 7) is 7.78. The van der Waals surface area contributed by atoms with E-state index in [2.05, 4.69) is 11.8 Å². The maximum absolute atomic E-state index is 11.3.